The van der Waals surface area contributed by atoms with Crippen LogP contribution in [-0.2, 0) is 0 Å². The van der Waals surface area contributed by atoms with Gasteiger partial charge in [0.2, 0.25) is 5.95 Å². The zero-order valence-electron chi connectivity index (χ0n) is 19.9. The first-order valence-corrected chi connectivity index (χ1v) is 12.4. The molecule has 0 radical (unpaired) electrons. The Hall–Kier alpha value is -2.89. The molecule has 0 unspecified atom stereocenters. The van der Waals surface area contributed by atoms with E-state index >= 15 is 0 Å². The second-order valence-corrected chi connectivity index (χ2v) is 9.68. The third-order valence-electron chi connectivity index (χ3n) is 6.14. The molecule has 4 rings (SSSR count). The topological polar surface area (TPSA) is 111 Å². The quantitative estimate of drug-likeness (QED) is 0.470. The number of piperidine rings is 1. The van der Waals surface area contributed by atoms with Crippen LogP contribution in [0.4, 0.5) is 11.8 Å². The highest BCUT2D eigenvalue weighted by Gasteiger charge is 2.30. The van der Waals surface area contributed by atoms with E-state index in [4.69, 9.17) is 5.11 Å². The summed E-state index contributed by atoms with van der Waals surface area (Å²) < 4.78 is 0. The number of anilines is 2. The van der Waals surface area contributed by atoms with Crippen molar-refractivity contribution in [1.29, 1.82) is 0 Å². The lowest BCUT2D eigenvalue weighted by molar-refractivity contribution is 0.0830. The number of hydrogen-bond acceptors (Lipinski definition) is 10. The van der Waals surface area contributed by atoms with Crippen LogP contribution < -0.4 is 10.2 Å². The molecule has 4 heterocycles. The molecule has 1 fully saturated rings. The molecule has 2 N–H and O–H groups in total. The van der Waals surface area contributed by atoms with Crippen LogP contribution in [0.3, 0.4) is 0 Å². The Balaban J connectivity index is 1.35. The summed E-state index contributed by atoms with van der Waals surface area (Å²) in [6.07, 6.45) is 7.08. The fourth-order valence-corrected chi connectivity index (χ4v) is 5.48. The monoisotopic (exact) mass is 484 g/mol. The fraction of sp³-hybridized carbons (Fsp3) is 0.522. The molecule has 1 aliphatic rings. The number of hydrogen-bond donors (Lipinski definition) is 2. The number of nitrogens with zero attached hydrogens (tertiary/aromatic N) is 7. The molecule has 1 saturated heterocycles. The van der Waals surface area contributed by atoms with E-state index in [-0.39, 0.29) is 12.5 Å². The first-order valence-electron chi connectivity index (χ1n) is 11.5. The van der Waals surface area contributed by atoms with Crippen LogP contribution in [0.2, 0.25) is 0 Å². The van der Waals surface area contributed by atoms with Gasteiger partial charge < -0.3 is 25.1 Å². The minimum Gasteiger partial charge on any atom is -0.395 e. The SMILES string of the molecule is CN(C)C(=O)c1sc2nccnc2c1C1CCN(CCNc2nccc(N(C)CCO)n2)CC1. The average Bonchev–Trinajstić information content (AvgIpc) is 3.24. The molecular weight excluding hydrogens is 452 g/mol. The number of aromatic nitrogens is 4. The molecule has 0 spiro atoms. The highest BCUT2D eigenvalue weighted by molar-refractivity contribution is 7.20. The summed E-state index contributed by atoms with van der Waals surface area (Å²) in [6.45, 7) is 4.16. The number of amides is 1. The Kier molecular flexibility index (Phi) is 7.86. The summed E-state index contributed by atoms with van der Waals surface area (Å²) >= 11 is 1.45. The molecule has 0 atom stereocenters. The van der Waals surface area contributed by atoms with Gasteiger partial charge >= 0.3 is 0 Å². The third kappa shape index (κ3) is 5.43. The van der Waals surface area contributed by atoms with Crippen molar-refractivity contribution in [3.63, 3.8) is 0 Å². The molecule has 3 aromatic heterocycles. The van der Waals surface area contributed by atoms with Crippen molar-refractivity contribution in [1.82, 2.24) is 29.7 Å². The van der Waals surface area contributed by atoms with Gasteiger partial charge in [-0.3, -0.25) is 9.78 Å². The van der Waals surface area contributed by atoms with Crippen molar-refractivity contribution in [2.24, 2.45) is 0 Å². The summed E-state index contributed by atoms with van der Waals surface area (Å²) in [5, 5.41) is 12.4. The van der Waals surface area contributed by atoms with Gasteiger partial charge in [0.1, 0.15) is 16.2 Å². The molecular formula is C23H32N8O2S. The predicted octanol–water partition coefficient (Wildman–Crippen LogP) is 1.90. The highest BCUT2D eigenvalue weighted by atomic mass is 32.1. The second kappa shape index (κ2) is 11.0. The maximum atomic E-state index is 12.9. The number of nitrogens with one attached hydrogen (secondary N) is 1. The van der Waals surface area contributed by atoms with Crippen molar-refractivity contribution in [2.75, 3.05) is 70.7 Å². The van der Waals surface area contributed by atoms with Crippen molar-refractivity contribution >= 4 is 39.4 Å². The van der Waals surface area contributed by atoms with Crippen molar-refractivity contribution in [3.8, 4) is 0 Å². The summed E-state index contributed by atoms with van der Waals surface area (Å²) in [4.78, 5) is 38.3. The molecule has 1 amide bonds. The van der Waals surface area contributed by atoms with Gasteiger partial charge in [-0.05, 0) is 37.9 Å². The maximum absolute atomic E-state index is 12.9. The van der Waals surface area contributed by atoms with Crippen LogP contribution in [0.25, 0.3) is 10.3 Å². The van der Waals surface area contributed by atoms with Gasteiger partial charge in [-0.1, -0.05) is 0 Å². The van der Waals surface area contributed by atoms with Crippen LogP contribution in [0.1, 0.15) is 34.0 Å². The number of carbonyl (C=O) groups excluding carboxylic acids is 1. The Labute approximate surface area is 203 Å². The lowest BCUT2D eigenvalue weighted by Gasteiger charge is -2.32. The van der Waals surface area contributed by atoms with Crippen LogP contribution >= 0.6 is 11.3 Å². The summed E-state index contributed by atoms with van der Waals surface area (Å²) in [6, 6.07) is 1.83. The Morgan fingerprint density at radius 1 is 1.18 bits per heavy atom. The number of likely N-dealkylation sites (tertiary alicyclic amines) is 1. The second-order valence-electron chi connectivity index (χ2n) is 8.68. The van der Waals surface area contributed by atoms with E-state index in [0.717, 1.165) is 65.6 Å². The van der Waals surface area contributed by atoms with Gasteiger partial charge in [-0.25, -0.2) is 9.97 Å². The number of carbonyl (C=O) groups is 1. The van der Waals surface area contributed by atoms with Gasteiger partial charge in [0.15, 0.2) is 0 Å². The lowest BCUT2D eigenvalue weighted by atomic mass is 9.88. The largest absolute Gasteiger partial charge is 0.395 e. The van der Waals surface area contributed by atoms with Crippen LogP contribution in [-0.4, -0.2) is 101 Å². The number of likely N-dealkylation sites (N-methyl/N-ethyl adjacent to an activating group) is 1. The average molecular weight is 485 g/mol. The lowest BCUT2D eigenvalue weighted by Crippen LogP contribution is -2.36. The number of aliphatic hydroxyl groups is 1. The van der Waals surface area contributed by atoms with Crippen LogP contribution in [0.5, 0.6) is 0 Å². The van der Waals surface area contributed by atoms with E-state index in [2.05, 4.69) is 30.2 Å². The Morgan fingerprint density at radius 3 is 2.68 bits per heavy atom. The standard InChI is InChI=1S/C23H32N8O2S/c1-29(2)22(33)20-18(19-21(34-20)25-9-8-24-19)16-5-11-31(12-6-16)13-10-27-23-26-7-4-17(28-23)30(3)14-15-32/h4,7-9,16,32H,5-6,10-15H2,1-3H3,(H,26,27,28). The van der Waals surface area contributed by atoms with E-state index < -0.39 is 0 Å². The van der Waals surface area contributed by atoms with Gasteiger partial charge in [0.05, 0.1) is 11.5 Å². The minimum atomic E-state index is 0.0262. The number of rotatable bonds is 9. The van der Waals surface area contributed by atoms with E-state index in [0.29, 0.717) is 18.4 Å². The van der Waals surface area contributed by atoms with E-state index in [9.17, 15) is 4.79 Å². The van der Waals surface area contributed by atoms with Crippen molar-refractivity contribution in [2.45, 2.75) is 18.8 Å². The molecule has 1 aliphatic heterocycles. The van der Waals surface area contributed by atoms with Gasteiger partial charge in [-0.2, -0.15) is 4.98 Å². The zero-order chi connectivity index (χ0) is 24.1. The van der Waals surface area contributed by atoms with Gasteiger partial charge in [0.25, 0.3) is 5.91 Å². The first kappa shape index (κ1) is 24.2. The molecule has 34 heavy (non-hydrogen) atoms. The first-order chi connectivity index (χ1) is 16.5. The number of thiophene rings is 1. The summed E-state index contributed by atoms with van der Waals surface area (Å²) in [7, 11) is 5.47. The van der Waals surface area contributed by atoms with E-state index in [1.54, 1.807) is 37.6 Å². The molecule has 0 saturated carbocycles. The Bertz CT molecular complexity index is 1110. The van der Waals surface area contributed by atoms with Crippen LogP contribution in [0.15, 0.2) is 24.7 Å². The van der Waals surface area contributed by atoms with E-state index in [1.165, 1.54) is 11.3 Å². The number of fused-ring (bicyclic) bond motifs is 1. The molecule has 10 nitrogen and oxygen atoms in total. The third-order valence-corrected chi connectivity index (χ3v) is 7.23. The van der Waals surface area contributed by atoms with Crippen molar-refractivity contribution in [3.05, 3.63) is 35.1 Å². The highest BCUT2D eigenvalue weighted by Crippen LogP contribution is 2.39. The van der Waals surface area contributed by atoms with Gasteiger partial charge in [-0.15, -0.1) is 11.3 Å². The maximum Gasteiger partial charge on any atom is 0.263 e. The smallest absolute Gasteiger partial charge is 0.263 e. The number of aliphatic hydroxyl groups excluding tert-OH is 1. The summed E-state index contributed by atoms with van der Waals surface area (Å²) in [5.74, 6) is 1.70. The molecule has 3 aromatic rings. The minimum absolute atomic E-state index is 0.0262. The van der Waals surface area contributed by atoms with Gasteiger partial charge in [0, 0.05) is 64.9 Å². The fourth-order valence-electron chi connectivity index (χ4n) is 4.27. The molecule has 0 bridgehead atoms. The Morgan fingerprint density at radius 2 is 1.94 bits per heavy atom. The summed E-state index contributed by atoms with van der Waals surface area (Å²) in [5.41, 5.74) is 1.95. The van der Waals surface area contributed by atoms with Crippen molar-refractivity contribution < 1.29 is 9.90 Å². The molecule has 0 aromatic carbocycles. The molecule has 11 heteroatoms. The van der Waals surface area contributed by atoms with E-state index in [1.807, 2.05) is 18.0 Å². The predicted molar refractivity (Wildman–Crippen MR) is 135 cm³/mol. The molecule has 182 valence electrons. The molecule has 0 aliphatic carbocycles. The normalized spacial score (nSPS) is 14.9. The zero-order valence-corrected chi connectivity index (χ0v) is 20.8. The van der Waals surface area contributed by atoms with Crippen LogP contribution in [0, 0.1) is 0 Å².